The summed E-state index contributed by atoms with van der Waals surface area (Å²) < 4.78 is 12.5. The van der Waals surface area contributed by atoms with E-state index in [-0.39, 0.29) is 12.5 Å². The summed E-state index contributed by atoms with van der Waals surface area (Å²) in [4.78, 5) is 0. The fourth-order valence-electron chi connectivity index (χ4n) is 3.38. The van der Waals surface area contributed by atoms with Gasteiger partial charge in [-0.1, -0.05) is 45.2 Å². The average Bonchev–Trinajstić information content (AvgIpc) is 3.08. The predicted molar refractivity (Wildman–Crippen MR) is 118 cm³/mol. The maximum Gasteiger partial charge on any atom is 0.244 e. The van der Waals surface area contributed by atoms with E-state index in [0.29, 0.717) is 27.2 Å². The van der Waals surface area contributed by atoms with E-state index >= 15 is 0 Å². The molecule has 1 aromatic heterocycles. The maximum atomic E-state index is 9.79. The molecule has 152 valence electrons. The summed E-state index contributed by atoms with van der Waals surface area (Å²) in [7, 11) is 0. The van der Waals surface area contributed by atoms with Crippen molar-refractivity contribution in [2.45, 2.75) is 19.4 Å². The Kier molecular flexibility index (Phi) is 5.65. The number of hydrogen-bond donors (Lipinski definition) is 2. The van der Waals surface area contributed by atoms with Gasteiger partial charge in [0.05, 0.1) is 16.0 Å². The van der Waals surface area contributed by atoms with Crippen LogP contribution in [0.2, 0.25) is 10.0 Å². The Morgan fingerprint density at radius 2 is 2.07 bits per heavy atom. The fraction of sp³-hybridized carbons (Fsp3) is 0.143. The van der Waals surface area contributed by atoms with E-state index in [0.717, 1.165) is 26.9 Å². The molecule has 1 atom stereocenters. The number of allylic oxidation sites excluding steroid dienone is 1. The number of H-pyrrole nitrogens is 1. The molecule has 1 aliphatic heterocycles. The first-order valence-corrected chi connectivity index (χ1v) is 10.4. The lowest BCUT2D eigenvalue weighted by atomic mass is 9.83. The molecule has 4 rings (SSSR count). The van der Waals surface area contributed by atoms with Crippen LogP contribution in [-0.2, 0) is 6.61 Å². The molecule has 3 aromatic rings. The molecular weight excluding hydrogens is 491 g/mol. The molecule has 9 heteroatoms. The second-order valence-electron chi connectivity index (χ2n) is 6.71. The molecule has 0 fully saturated rings. The van der Waals surface area contributed by atoms with Gasteiger partial charge in [-0.2, -0.15) is 5.26 Å². The topological polar surface area (TPSA) is 97.0 Å². The van der Waals surface area contributed by atoms with Gasteiger partial charge in [-0.25, -0.2) is 0 Å². The van der Waals surface area contributed by atoms with E-state index in [1.165, 1.54) is 0 Å². The fourth-order valence-corrected chi connectivity index (χ4v) is 4.08. The molecule has 0 saturated heterocycles. The minimum absolute atomic E-state index is 0.0249. The van der Waals surface area contributed by atoms with Crippen molar-refractivity contribution in [2.24, 2.45) is 5.73 Å². The Hall–Kier alpha value is -2.66. The van der Waals surface area contributed by atoms with Crippen LogP contribution in [0, 0.1) is 18.3 Å². The molecule has 2 aromatic carbocycles. The summed E-state index contributed by atoms with van der Waals surface area (Å²) >= 11 is 15.6. The van der Waals surface area contributed by atoms with E-state index in [2.05, 4.69) is 32.2 Å². The van der Waals surface area contributed by atoms with Crippen LogP contribution < -0.4 is 15.2 Å². The lowest BCUT2D eigenvalue weighted by Gasteiger charge is -2.25. The normalized spacial score (nSPS) is 15.4. The van der Waals surface area contributed by atoms with Crippen molar-refractivity contribution in [2.75, 3.05) is 0 Å². The maximum absolute atomic E-state index is 9.79. The first kappa shape index (κ1) is 20.6. The zero-order valence-electron chi connectivity index (χ0n) is 15.7. The van der Waals surface area contributed by atoms with Crippen molar-refractivity contribution in [1.82, 2.24) is 10.2 Å². The third kappa shape index (κ3) is 3.74. The molecule has 6 nitrogen and oxygen atoms in total. The Bertz CT molecular complexity index is 1220. The van der Waals surface area contributed by atoms with E-state index in [4.69, 9.17) is 38.4 Å². The Morgan fingerprint density at radius 1 is 1.27 bits per heavy atom. The molecule has 0 saturated carbocycles. The van der Waals surface area contributed by atoms with Gasteiger partial charge in [0.15, 0.2) is 0 Å². The van der Waals surface area contributed by atoms with Crippen LogP contribution in [0.1, 0.15) is 28.3 Å². The number of fused-ring (bicyclic) bond motifs is 1. The van der Waals surface area contributed by atoms with Gasteiger partial charge in [0.25, 0.3) is 0 Å². The summed E-state index contributed by atoms with van der Waals surface area (Å²) in [6, 6.07) is 13.1. The molecular formula is C21H15BrCl2N4O2. The monoisotopic (exact) mass is 504 g/mol. The molecule has 3 N–H and O–H groups in total. The molecule has 0 radical (unpaired) electrons. The number of nitriles is 1. The molecule has 1 aliphatic rings. The highest BCUT2D eigenvalue weighted by Gasteiger charge is 2.36. The Labute approximate surface area is 191 Å². The molecule has 30 heavy (non-hydrogen) atoms. The van der Waals surface area contributed by atoms with Gasteiger partial charge < -0.3 is 15.2 Å². The highest BCUT2D eigenvalue weighted by Crippen LogP contribution is 2.46. The van der Waals surface area contributed by atoms with Crippen LogP contribution in [0.3, 0.4) is 0 Å². The number of hydrogen-bond acceptors (Lipinski definition) is 5. The second-order valence-corrected chi connectivity index (χ2v) is 8.44. The first-order chi connectivity index (χ1) is 14.4. The smallest absolute Gasteiger partial charge is 0.244 e. The number of nitrogens with two attached hydrogens (primary N) is 1. The van der Waals surface area contributed by atoms with Crippen LogP contribution in [0.4, 0.5) is 0 Å². The average molecular weight is 506 g/mol. The lowest BCUT2D eigenvalue weighted by Crippen LogP contribution is -2.21. The predicted octanol–water partition coefficient (Wildman–Crippen LogP) is 5.58. The molecule has 0 aliphatic carbocycles. The summed E-state index contributed by atoms with van der Waals surface area (Å²) in [6.07, 6.45) is 0. The largest absolute Gasteiger partial charge is 0.489 e. The molecule has 0 unspecified atom stereocenters. The number of rotatable bonds is 4. The Balaban J connectivity index is 1.77. The summed E-state index contributed by atoms with van der Waals surface area (Å²) in [5.41, 5.74) is 9.48. The highest BCUT2D eigenvalue weighted by molar-refractivity contribution is 9.10. The van der Waals surface area contributed by atoms with E-state index in [1.807, 2.05) is 31.2 Å². The summed E-state index contributed by atoms with van der Waals surface area (Å²) in [6.45, 7) is 2.14. The zero-order valence-corrected chi connectivity index (χ0v) is 18.8. The van der Waals surface area contributed by atoms with Gasteiger partial charge >= 0.3 is 0 Å². The molecule has 2 heterocycles. The van der Waals surface area contributed by atoms with Gasteiger partial charge in [-0.05, 0) is 42.8 Å². The van der Waals surface area contributed by atoms with Crippen LogP contribution in [0.15, 0.2) is 52.3 Å². The minimum Gasteiger partial charge on any atom is -0.489 e. The highest BCUT2D eigenvalue weighted by atomic mass is 79.9. The summed E-state index contributed by atoms with van der Waals surface area (Å²) in [5, 5.41) is 17.8. The third-order valence-corrected chi connectivity index (χ3v) is 6.02. The molecule has 0 bridgehead atoms. The van der Waals surface area contributed by atoms with Crippen molar-refractivity contribution in [3.8, 4) is 17.7 Å². The standard InChI is InChI=1S/C21H15BrCl2N4O2/c1-10-18-19(14(8-25)20(26)30-21(18)28-27-10)13-7-12(22)3-5-17(13)29-9-11-2-4-15(23)16(24)6-11/h2-7,19H,9,26H2,1H3,(H,27,28)/t19-/m0/s1. The van der Waals surface area contributed by atoms with Crippen molar-refractivity contribution >= 4 is 39.1 Å². The van der Waals surface area contributed by atoms with Gasteiger partial charge in [0.1, 0.15) is 24.0 Å². The SMILES string of the molecule is Cc1[nH]nc2c1[C@@H](c1cc(Br)ccc1OCc1ccc(Cl)c(Cl)c1)C(C#N)=C(N)O2. The number of aromatic amines is 1. The third-order valence-electron chi connectivity index (χ3n) is 4.79. The number of halogens is 3. The van der Waals surface area contributed by atoms with Gasteiger partial charge in [-0.15, -0.1) is 5.10 Å². The second kappa shape index (κ2) is 8.23. The van der Waals surface area contributed by atoms with Crippen molar-refractivity contribution in [3.05, 3.63) is 84.8 Å². The van der Waals surface area contributed by atoms with E-state index in [1.54, 1.807) is 12.1 Å². The van der Waals surface area contributed by atoms with Crippen molar-refractivity contribution in [1.29, 1.82) is 5.26 Å². The van der Waals surface area contributed by atoms with Crippen LogP contribution in [0.5, 0.6) is 11.6 Å². The number of aromatic nitrogens is 2. The minimum atomic E-state index is -0.487. The lowest BCUT2D eigenvalue weighted by molar-refractivity contribution is 0.301. The molecule has 0 amide bonds. The van der Waals surface area contributed by atoms with Crippen molar-refractivity contribution in [3.63, 3.8) is 0 Å². The van der Waals surface area contributed by atoms with Gasteiger partial charge in [0, 0.05) is 21.3 Å². The van der Waals surface area contributed by atoms with Crippen LogP contribution in [0.25, 0.3) is 0 Å². The molecule has 0 spiro atoms. The Morgan fingerprint density at radius 3 is 2.80 bits per heavy atom. The number of benzene rings is 2. The van der Waals surface area contributed by atoms with Crippen LogP contribution >= 0.6 is 39.1 Å². The van der Waals surface area contributed by atoms with E-state index in [9.17, 15) is 5.26 Å². The number of aryl methyl sites for hydroxylation is 1. The van der Waals surface area contributed by atoms with E-state index < -0.39 is 5.92 Å². The number of nitrogens with one attached hydrogen (secondary N) is 1. The van der Waals surface area contributed by atoms with Gasteiger partial charge in [0.2, 0.25) is 11.8 Å². The summed E-state index contributed by atoms with van der Waals surface area (Å²) in [5.74, 6) is 0.489. The van der Waals surface area contributed by atoms with Crippen LogP contribution in [-0.4, -0.2) is 10.2 Å². The zero-order chi connectivity index (χ0) is 21.4. The van der Waals surface area contributed by atoms with Crippen molar-refractivity contribution < 1.29 is 9.47 Å². The number of ether oxygens (including phenoxy) is 2. The number of nitrogens with zero attached hydrogens (tertiary/aromatic N) is 2. The quantitative estimate of drug-likeness (QED) is 0.482. The van der Waals surface area contributed by atoms with Gasteiger partial charge in [-0.3, -0.25) is 5.10 Å². The first-order valence-electron chi connectivity index (χ1n) is 8.87.